The number of rotatable bonds is 6. The quantitative estimate of drug-likeness (QED) is 0.141. The zero-order valence-corrected chi connectivity index (χ0v) is 17.3. The van der Waals surface area contributed by atoms with Crippen LogP contribution in [0.4, 0.5) is 9.59 Å². The van der Waals surface area contributed by atoms with Gasteiger partial charge in [0, 0.05) is 33.2 Å². The van der Waals surface area contributed by atoms with Crippen molar-refractivity contribution in [2.24, 2.45) is 4.99 Å². The van der Waals surface area contributed by atoms with E-state index in [2.05, 4.69) is 26.3 Å². The lowest BCUT2D eigenvalue weighted by Gasteiger charge is -2.20. The summed E-state index contributed by atoms with van der Waals surface area (Å²) in [6, 6.07) is -0.383. The number of hydrogen-bond acceptors (Lipinski definition) is 5. The summed E-state index contributed by atoms with van der Waals surface area (Å²) < 4.78 is 5.11. The summed E-state index contributed by atoms with van der Waals surface area (Å²) >= 11 is 0. The lowest BCUT2D eigenvalue weighted by Crippen LogP contribution is -2.45. The first-order valence-corrected chi connectivity index (χ1v) is 7.72. The molecule has 1 aliphatic rings. The van der Waals surface area contributed by atoms with E-state index in [9.17, 15) is 14.4 Å². The normalized spacial score (nSPS) is 14.6. The Labute approximate surface area is 164 Å². The van der Waals surface area contributed by atoms with Crippen LogP contribution in [0.2, 0.25) is 0 Å². The molecule has 1 aliphatic heterocycles. The van der Waals surface area contributed by atoms with E-state index in [4.69, 9.17) is 4.74 Å². The van der Waals surface area contributed by atoms with Crippen molar-refractivity contribution in [3.8, 4) is 0 Å². The molecule has 0 radical (unpaired) electrons. The SMILES string of the molecule is CN=C(NCCNC(=O)OC(C)(C)C)NCCN1C(=O)CNC1=O.I. The summed E-state index contributed by atoms with van der Waals surface area (Å²) in [5.41, 5.74) is -0.533. The second-order valence-electron chi connectivity index (χ2n) is 6.06. The molecule has 0 unspecified atom stereocenters. The van der Waals surface area contributed by atoms with E-state index in [1.807, 2.05) is 0 Å². The average Bonchev–Trinajstić information content (AvgIpc) is 2.79. The molecule has 0 aromatic heterocycles. The van der Waals surface area contributed by atoms with Gasteiger partial charge in [-0.05, 0) is 20.8 Å². The van der Waals surface area contributed by atoms with Gasteiger partial charge in [0.15, 0.2) is 5.96 Å². The number of amides is 4. The van der Waals surface area contributed by atoms with E-state index in [1.165, 1.54) is 0 Å². The fourth-order valence-corrected chi connectivity index (χ4v) is 1.85. The number of urea groups is 1. The van der Waals surface area contributed by atoms with Crippen molar-refractivity contribution in [3.63, 3.8) is 0 Å². The molecule has 144 valence electrons. The highest BCUT2D eigenvalue weighted by Gasteiger charge is 2.27. The van der Waals surface area contributed by atoms with Crippen molar-refractivity contribution in [2.75, 3.05) is 39.8 Å². The van der Waals surface area contributed by atoms with Crippen LogP contribution in [-0.2, 0) is 9.53 Å². The zero-order chi connectivity index (χ0) is 18.2. The van der Waals surface area contributed by atoms with Gasteiger partial charge >= 0.3 is 12.1 Å². The lowest BCUT2D eigenvalue weighted by atomic mass is 10.2. The average molecular weight is 470 g/mol. The third-order valence-corrected chi connectivity index (χ3v) is 2.87. The molecule has 0 aromatic carbocycles. The number of halogens is 1. The number of ether oxygens (including phenoxy) is 1. The molecule has 0 bridgehead atoms. The Morgan fingerprint density at radius 3 is 2.32 bits per heavy atom. The molecule has 0 spiro atoms. The summed E-state index contributed by atoms with van der Waals surface area (Å²) in [6.07, 6.45) is -0.481. The van der Waals surface area contributed by atoms with Crippen molar-refractivity contribution >= 4 is 48.0 Å². The van der Waals surface area contributed by atoms with Gasteiger partial charge < -0.3 is 26.0 Å². The Kier molecular flexibility index (Phi) is 10.2. The van der Waals surface area contributed by atoms with Crippen LogP contribution in [0.25, 0.3) is 0 Å². The van der Waals surface area contributed by atoms with Crippen molar-refractivity contribution in [1.82, 2.24) is 26.2 Å². The maximum absolute atomic E-state index is 11.5. The lowest BCUT2D eigenvalue weighted by molar-refractivity contribution is -0.124. The minimum atomic E-state index is -0.533. The van der Waals surface area contributed by atoms with E-state index in [-0.39, 0.29) is 49.0 Å². The third-order valence-electron chi connectivity index (χ3n) is 2.87. The smallest absolute Gasteiger partial charge is 0.407 e. The number of nitrogens with zero attached hydrogens (tertiary/aromatic N) is 2. The fraction of sp³-hybridized carbons (Fsp3) is 0.714. The summed E-state index contributed by atoms with van der Waals surface area (Å²) in [5.74, 6) is 0.263. The van der Waals surface area contributed by atoms with Gasteiger partial charge in [0.25, 0.3) is 0 Å². The minimum absolute atomic E-state index is 0. The number of imide groups is 1. The summed E-state index contributed by atoms with van der Waals surface area (Å²) in [5, 5.41) is 11.1. The summed E-state index contributed by atoms with van der Waals surface area (Å²) in [4.78, 5) is 39.4. The van der Waals surface area contributed by atoms with E-state index >= 15 is 0 Å². The van der Waals surface area contributed by atoms with Gasteiger partial charge in [-0.1, -0.05) is 0 Å². The highest BCUT2D eigenvalue weighted by atomic mass is 127. The van der Waals surface area contributed by atoms with E-state index in [0.29, 0.717) is 25.6 Å². The van der Waals surface area contributed by atoms with Gasteiger partial charge in [-0.15, -0.1) is 24.0 Å². The Morgan fingerprint density at radius 1 is 1.20 bits per heavy atom. The number of carbonyl (C=O) groups excluding carboxylic acids is 3. The predicted molar refractivity (Wildman–Crippen MR) is 104 cm³/mol. The van der Waals surface area contributed by atoms with Crippen LogP contribution in [0, 0.1) is 0 Å². The maximum Gasteiger partial charge on any atom is 0.407 e. The van der Waals surface area contributed by atoms with Crippen LogP contribution in [0.15, 0.2) is 4.99 Å². The summed E-state index contributed by atoms with van der Waals surface area (Å²) in [6.45, 7) is 6.86. The molecule has 0 aliphatic carbocycles. The first-order chi connectivity index (χ1) is 11.2. The molecule has 1 heterocycles. The number of alkyl carbamates (subject to hydrolysis) is 1. The molecule has 11 heteroatoms. The Bertz CT molecular complexity index is 490. The molecule has 10 nitrogen and oxygen atoms in total. The van der Waals surface area contributed by atoms with Crippen molar-refractivity contribution in [1.29, 1.82) is 0 Å². The van der Waals surface area contributed by atoms with Crippen LogP contribution >= 0.6 is 24.0 Å². The van der Waals surface area contributed by atoms with Crippen LogP contribution < -0.4 is 21.3 Å². The molecule has 0 saturated carbocycles. The van der Waals surface area contributed by atoms with Gasteiger partial charge in [0.2, 0.25) is 5.91 Å². The number of aliphatic imine (C=N–C) groups is 1. The van der Waals surface area contributed by atoms with Gasteiger partial charge in [-0.25, -0.2) is 9.59 Å². The molecular weight excluding hydrogens is 443 g/mol. The highest BCUT2D eigenvalue weighted by Crippen LogP contribution is 2.05. The van der Waals surface area contributed by atoms with Crippen LogP contribution in [0.3, 0.4) is 0 Å². The fourth-order valence-electron chi connectivity index (χ4n) is 1.85. The van der Waals surface area contributed by atoms with Gasteiger partial charge in [-0.3, -0.25) is 14.7 Å². The van der Waals surface area contributed by atoms with Crippen molar-refractivity contribution < 1.29 is 19.1 Å². The number of carbonyl (C=O) groups is 3. The number of hydrogen-bond donors (Lipinski definition) is 4. The second kappa shape index (κ2) is 10.9. The first kappa shape index (κ1) is 23.2. The molecular formula is C14H27IN6O4. The largest absolute Gasteiger partial charge is 0.444 e. The molecule has 1 rings (SSSR count). The standard InChI is InChI=1S/C14H26N6O4.HI/c1-14(2,3)24-13(23)18-6-5-16-11(15-4)17-7-8-20-10(21)9-19-12(20)22;/h5-9H2,1-4H3,(H,18,23)(H,19,22)(H2,15,16,17);1H. The molecule has 4 N–H and O–H groups in total. The monoisotopic (exact) mass is 470 g/mol. The molecule has 1 fully saturated rings. The topological polar surface area (TPSA) is 124 Å². The third kappa shape index (κ3) is 9.31. The molecule has 1 saturated heterocycles. The van der Waals surface area contributed by atoms with Gasteiger partial charge in [-0.2, -0.15) is 0 Å². The van der Waals surface area contributed by atoms with E-state index in [1.54, 1.807) is 27.8 Å². The van der Waals surface area contributed by atoms with Crippen molar-refractivity contribution in [3.05, 3.63) is 0 Å². The first-order valence-electron chi connectivity index (χ1n) is 7.72. The van der Waals surface area contributed by atoms with E-state index < -0.39 is 11.7 Å². The van der Waals surface area contributed by atoms with Crippen LogP contribution in [0.5, 0.6) is 0 Å². The second-order valence-corrected chi connectivity index (χ2v) is 6.06. The minimum Gasteiger partial charge on any atom is -0.444 e. The zero-order valence-electron chi connectivity index (χ0n) is 15.0. The molecule has 4 amide bonds. The number of nitrogens with one attached hydrogen (secondary N) is 4. The Hall–Kier alpha value is -1.79. The van der Waals surface area contributed by atoms with Crippen molar-refractivity contribution in [2.45, 2.75) is 26.4 Å². The molecule has 0 aromatic rings. The van der Waals surface area contributed by atoms with Gasteiger partial charge in [0.1, 0.15) is 5.60 Å². The highest BCUT2D eigenvalue weighted by molar-refractivity contribution is 14.0. The summed E-state index contributed by atoms with van der Waals surface area (Å²) in [7, 11) is 1.60. The Morgan fingerprint density at radius 2 is 1.80 bits per heavy atom. The molecule has 0 atom stereocenters. The van der Waals surface area contributed by atoms with Crippen LogP contribution in [0.1, 0.15) is 20.8 Å². The van der Waals surface area contributed by atoms with E-state index in [0.717, 1.165) is 4.90 Å². The van der Waals surface area contributed by atoms with Crippen LogP contribution in [-0.4, -0.2) is 74.3 Å². The molecule has 25 heavy (non-hydrogen) atoms. The predicted octanol–water partition coefficient (Wildman–Crippen LogP) is -0.154. The number of guanidine groups is 1. The van der Waals surface area contributed by atoms with Gasteiger partial charge in [0.05, 0.1) is 6.54 Å². The Balaban J connectivity index is 0.00000576. The maximum atomic E-state index is 11.5.